The Morgan fingerprint density at radius 2 is 2.27 bits per heavy atom. The van der Waals surface area contributed by atoms with Crippen LogP contribution < -0.4 is 0 Å². The Labute approximate surface area is 106 Å². The fourth-order valence-electron chi connectivity index (χ4n) is 0.907. The highest BCUT2D eigenvalue weighted by atomic mass is 127. The van der Waals surface area contributed by atoms with Crippen LogP contribution in [0.5, 0.6) is 0 Å². The molecule has 0 unspecified atom stereocenters. The third kappa shape index (κ3) is 2.83. The zero-order valence-corrected chi connectivity index (χ0v) is 11.2. The SMILES string of the molecule is COC(=O)c1nc(I)cc(C(F)F)c1Br. The molecule has 0 atom stereocenters. The maximum Gasteiger partial charge on any atom is 0.357 e. The van der Waals surface area contributed by atoms with Crippen molar-refractivity contribution >= 4 is 44.5 Å². The molecular weight excluding hydrogens is 387 g/mol. The second-order valence-electron chi connectivity index (χ2n) is 2.49. The molecule has 1 aromatic rings. The molecule has 0 aliphatic carbocycles. The Morgan fingerprint density at radius 1 is 1.67 bits per heavy atom. The number of carbonyl (C=O) groups is 1. The Kier molecular flexibility index (Phi) is 4.38. The second kappa shape index (κ2) is 5.15. The largest absolute Gasteiger partial charge is 0.464 e. The lowest BCUT2D eigenvalue weighted by molar-refractivity contribution is 0.0592. The summed E-state index contributed by atoms with van der Waals surface area (Å²) in [6.07, 6.45) is -2.67. The lowest BCUT2D eigenvalue weighted by Gasteiger charge is -2.07. The van der Waals surface area contributed by atoms with Crippen LogP contribution in [0.2, 0.25) is 0 Å². The first-order valence-electron chi connectivity index (χ1n) is 3.69. The molecule has 0 fully saturated rings. The van der Waals surface area contributed by atoms with Crippen molar-refractivity contribution in [3.63, 3.8) is 0 Å². The molecule has 0 N–H and O–H groups in total. The first kappa shape index (κ1) is 12.8. The molecule has 0 aliphatic heterocycles. The highest BCUT2D eigenvalue weighted by Crippen LogP contribution is 2.30. The molecular formula is C8H5BrF2INO2. The minimum atomic E-state index is -2.67. The first-order chi connectivity index (χ1) is 6.97. The van der Waals surface area contributed by atoms with Gasteiger partial charge in [-0.25, -0.2) is 18.6 Å². The van der Waals surface area contributed by atoms with Gasteiger partial charge in [0.2, 0.25) is 0 Å². The molecule has 1 aromatic heterocycles. The van der Waals surface area contributed by atoms with Crippen molar-refractivity contribution in [1.82, 2.24) is 4.98 Å². The van der Waals surface area contributed by atoms with Crippen LogP contribution in [0.3, 0.4) is 0 Å². The molecule has 1 heterocycles. The molecule has 3 nitrogen and oxygen atoms in total. The molecule has 0 aliphatic rings. The van der Waals surface area contributed by atoms with Crippen LogP contribution in [0.15, 0.2) is 10.5 Å². The molecule has 0 radical (unpaired) electrons. The van der Waals surface area contributed by atoms with Gasteiger partial charge in [-0.05, 0) is 44.6 Å². The first-order valence-corrected chi connectivity index (χ1v) is 5.57. The number of carbonyl (C=O) groups excluding carboxylic acids is 1. The van der Waals surface area contributed by atoms with Crippen molar-refractivity contribution in [3.8, 4) is 0 Å². The van der Waals surface area contributed by atoms with E-state index in [9.17, 15) is 13.6 Å². The van der Waals surface area contributed by atoms with Crippen molar-refractivity contribution in [2.24, 2.45) is 0 Å². The van der Waals surface area contributed by atoms with E-state index in [1.807, 2.05) is 0 Å². The molecule has 0 saturated heterocycles. The van der Waals surface area contributed by atoms with E-state index >= 15 is 0 Å². The van der Waals surface area contributed by atoms with Gasteiger partial charge in [-0.15, -0.1) is 0 Å². The number of pyridine rings is 1. The van der Waals surface area contributed by atoms with Crippen molar-refractivity contribution in [3.05, 3.63) is 25.5 Å². The van der Waals surface area contributed by atoms with Crippen molar-refractivity contribution in [2.45, 2.75) is 6.43 Å². The van der Waals surface area contributed by atoms with E-state index in [1.54, 1.807) is 22.6 Å². The van der Waals surface area contributed by atoms with Gasteiger partial charge in [-0.3, -0.25) is 0 Å². The molecule has 0 amide bonds. The van der Waals surface area contributed by atoms with E-state index in [-0.39, 0.29) is 15.7 Å². The van der Waals surface area contributed by atoms with Crippen LogP contribution in [-0.2, 0) is 4.74 Å². The normalized spacial score (nSPS) is 10.5. The number of ether oxygens (including phenoxy) is 1. The summed E-state index contributed by atoms with van der Waals surface area (Å²) in [6, 6.07) is 1.21. The summed E-state index contributed by atoms with van der Waals surface area (Å²) in [6.45, 7) is 0. The predicted molar refractivity (Wildman–Crippen MR) is 61.0 cm³/mol. The van der Waals surface area contributed by atoms with Crippen molar-refractivity contribution in [1.29, 1.82) is 0 Å². The van der Waals surface area contributed by atoms with E-state index in [0.29, 0.717) is 3.70 Å². The minimum Gasteiger partial charge on any atom is -0.464 e. The Bertz CT molecular complexity index is 400. The number of alkyl halides is 2. The monoisotopic (exact) mass is 391 g/mol. The Morgan fingerprint density at radius 3 is 2.73 bits per heavy atom. The zero-order chi connectivity index (χ0) is 11.6. The molecule has 0 bridgehead atoms. The Hall–Kier alpha value is -0.310. The van der Waals surface area contributed by atoms with Gasteiger partial charge in [-0.2, -0.15) is 0 Å². The minimum absolute atomic E-state index is 0.0234. The van der Waals surface area contributed by atoms with E-state index in [0.717, 1.165) is 0 Å². The number of hydrogen-bond acceptors (Lipinski definition) is 3. The van der Waals surface area contributed by atoms with Gasteiger partial charge in [0.15, 0.2) is 5.69 Å². The number of hydrogen-bond donors (Lipinski definition) is 0. The number of nitrogens with zero attached hydrogens (tertiary/aromatic N) is 1. The number of halogens is 4. The van der Waals surface area contributed by atoms with Gasteiger partial charge in [0.25, 0.3) is 6.43 Å². The fraction of sp³-hybridized carbons (Fsp3) is 0.250. The molecule has 0 aromatic carbocycles. The van der Waals surface area contributed by atoms with Crippen LogP contribution in [0.4, 0.5) is 8.78 Å². The van der Waals surface area contributed by atoms with E-state index < -0.39 is 12.4 Å². The average molecular weight is 392 g/mol. The van der Waals surface area contributed by atoms with E-state index in [1.165, 1.54) is 13.2 Å². The molecule has 15 heavy (non-hydrogen) atoms. The average Bonchev–Trinajstić information content (AvgIpc) is 2.19. The van der Waals surface area contributed by atoms with Crippen LogP contribution in [-0.4, -0.2) is 18.1 Å². The number of rotatable bonds is 2. The summed E-state index contributed by atoms with van der Waals surface area (Å²) in [5, 5.41) is 0. The van der Waals surface area contributed by atoms with Gasteiger partial charge < -0.3 is 4.74 Å². The lowest BCUT2D eigenvalue weighted by Crippen LogP contribution is -2.08. The summed E-state index contributed by atoms with van der Waals surface area (Å²) in [7, 11) is 1.17. The summed E-state index contributed by atoms with van der Waals surface area (Å²) in [5.74, 6) is -0.748. The summed E-state index contributed by atoms with van der Waals surface area (Å²) in [5.41, 5.74) is -0.408. The predicted octanol–water partition coefficient (Wildman–Crippen LogP) is 3.17. The Balaban J connectivity index is 3.34. The quantitative estimate of drug-likeness (QED) is 0.441. The second-order valence-corrected chi connectivity index (χ2v) is 4.39. The maximum absolute atomic E-state index is 12.5. The summed E-state index contributed by atoms with van der Waals surface area (Å²) in [4.78, 5) is 15.0. The van der Waals surface area contributed by atoms with Gasteiger partial charge >= 0.3 is 5.97 Å². The topological polar surface area (TPSA) is 39.2 Å². The van der Waals surface area contributed by atoms with Gasteiger partial charge in [0, 0.05) is 5.56 Å². The molecule has 0 spiro atoms. The van der Waals surface area contributed by atoms with Crippen molar-refractivity contribution < 1.29 is 18.3 Å². The third-order valence-electron chi connectivity index (χ3n) is 1.57. The summed E-state index contributed by atoms with van der Waals surface area (Å²) >= 11 is 4.67. The fourth-order valence-corrected chi connectivity index (χ4v) is 2.02. The standard InChI is InChI=1S/C8H5BrF2INO2/c1-15-8(14)6-5(9)3(7(10)11)2-4(12)13-6/h2,7H,1H3. The van der Waals surface area contributed by atoms with Gasteiger partial charge in [-0.1, -0.05) is 0 Å². The molecule has 82 valence electrons. The van der Waals surface area contributed by atoms with Gasteiger partial charge in [0.1, 0.15) is 3.70 Å². The zero-order valence-electron chi connectivity index (χ0n) is 7.43. The number of aromatic nitrogens is 1. The lowest BCUT2D eigenvalue weighted by atomic mass is 10.2. The summed E-state index contributed by atoms with van der Waals surface area (Å²) < 4.78 is 29.8. The van der Waals surface area contributed by atoms with E-state index in [4.69, 9.17) is 0 Å². The number of esters is 1. The van der Waals surface area contributed by atoms with Crippen molar-refractivity contribution in [2.75, 3.05) is 7.11 Å². The van der Waals surface area contributed by atoms with Crippen LogP contribution >= 0.6 is 38.5 Å². The number of methoxy groups -OCH3 is 1. The highest BCUT2D eigenvalue weighted by molar-refractivity contribution is 14.1. The maximum atomic E-state index is 12.5. The highest BCUT2D eigenvalue weighted by Gasteiger charge is 2.21. The van der Waals surface area contributed by atoms with Crippen LogP contribution in [0, 0.1) is 3.70 Å². The van der Waals surface area contributed by atoms with Crippen LogP contribution in [0.1, 0.15) is 22.5 Å². The molecule has 0 saturated carbocycles. The molecule has 7 heteroatoms. The van der Waals surface area contributed by atoms with E-state index in [2.05, 4.69) is 25.7 Å². The third-order valence-corrected chi connectivity index (χ3v) is 2.95. The molecule has 1 rings (SSSR count). The van der Waals surface area contributed by atoms with Gasteiger partial charge in [0.05, 0.1) is 11.6 Å². The van der Waals surface area contributed by atoms with Crippen LogP contribution in [0.25, 0.3) is 0 Å². The smallest absolute Gasteiger partial charge is 0.357 e.